The van der Waals surface area contributed by atoms with Gasteiger partial charge in [0, 0.05) is 19.5 Å². The molecule has 0 bridgehead atoms. The smallest absolute Gasteiger partial charge is 0.237 e. The molecule has 0 saturated carbocycles. The summed E-state index contributed by atoms with van der Waals surface area (Å²) in [6.45, 7) is 9.23. The highest BCUT2D eigenvalue weighted by Crippen LogP contribution is 2.43. The van der Waals surface area contributed by atoms with Gasteiger partial charge in [0.15, 0.2) is 0 Å². The number of nitrogens with one attached hydrogen (secondary N) is 1. The van der Waals surface area contributed by atoms with Crippen LogP contribution in [0.1, 0.15) is 44.1 Å². The number of aryl methyl sites for hydroxylation is 1. The topological polar surface area (TPSA) is 48.7 Å². The number of furan rings is 1. The third kappa shape index (κ3) is 4.45. The van der Waals surface area contributed by atoms with Gasteiger partial charge in [-0.15, -0.1) is 0 Å². The summed E-state index contributed by atoms with van der Waals surface area (Å²) in [4.78, 5) is 17.7. The number of hydrogen-bond donors (Lipinski definition) is 1. The lowest BCUT2D eigenvalue weighted by molar-refractivity contribution is -0.125. The number of hydrogen-bond acceptors (Lipinski definition) is 4. The fraction of sp³-hybridized carbons (Fsp3) is 0.750. The molecular weight excluding hydrogens is 314 g/mol. The first kappa shape index (κ1) is 18.5. The van der Waals surface area contributed by atoms with Crippen molar-refractivity contribution in [2.45, 2.75) is 52.0 Å². The van der Waals surface area contributed by atoms with Crippen molar-refractivity contribution in [3.8, 4) is 0 Å². The van der Waals surface area contributed by atoms with Crippen LogP contribution in [0.15, 0.2) is 16.5 Å². The molecule has 0 radical (unpaired) electrons. The summed E-state index contributed by atoms with van der Waals surface area (Å²) in [5.41, 5.74) is 0.349. The molecular formula is C20H33N3O2. The van der Waals surface area contributed by atoms with Gasteiger partial charge in [-0.3, -0.25) is 9.69 Å². The fourth-order valence-corrected chi connectivity index (χ4v) is 4.43. The van der Waals surface area contributed by atoms with Crippen molar-refractivity contribution in [2.75, 3.05) is 39.8 Å². The van der Waals surface area contributed by atoms with Crippen LogP contribution in [0.3, 0.4) is 0 Å². The number of likely N-dealkylation sites (tertiary alicyclic amines) is 2. The van der Waals surface area contributed by atoms with Crippen molar-refractivity contribution in [3.63, 3.8) is 0 Å². The summed E-state index contributed by atoms with van der Waals surface area (Å²) in [5.74, 6) is 2.07. The van der Waals surface area contributed by atoms with E-state index in [1.54, 1.807) is 0 Å². The number of nitrogens with zero attached hydrogens (tertiary/aromatic N) is 2. The zero-order chi connectivity index (χ0) is 17.9. The van der Waals surface area contributed by atoms with Crippen molar-refractivity contribution in [1.82, 2.24) is 15.1 Å². The number of rotatable bonds is 6. The van der Waals surface area contributed by atoms with Crippen LogP contribution >= 0.6 is 0 Å². The Morgan fingerprint density at radius 1 is 1.36 bits per heavy atom. The monoisotopic (exact) mass is 347 g/mol. The zero-order valence-corrected chi connectivity index (χ0v) is 16.0. The van der Waals surface area contributed by atoms with Gasteiger partial charge in [0.05, 0.1) is 6.04 Å². The lowest BCUT2D eigenvalue weighted by Crippen LogP contribution is -2.44. The van der Waals surface area contributed by atoms with Crippen LogP contribution in [0.4, 0.5) is 0 Å². The Hall–Kier alpha value is -1.33. The van der Waals surface area contributed by atoms with Gasteiger partial charge in [-0.25, -0.2) is 0 Å². The third-order valence-electron chi connectivity index (χ3n) is 5.93. The number of amides is 1. The summed E-state index contributed by atoms with van der Waals surface area (Å²) in [5, 5.41) is 3.15. The number of carbonyl (C=O) groups excluding carboxylic acids is 1. The molecule has 2 aliphatic heterocycles. The van der Waals surface area contributed by atoms with Gasteiger partial charge in [-0.05, 0) is 76.8 Å². The summed E-state index contributed by atoms with van der Waals surface area (Å²) in [7, 11) is 2.20. The molecule has 1 aromatic heterocycles. The standard InChI is InChI=1S/C20H33N3O2/c1-4-11-23-15-20(8-12-22(3)13-9-20)14-18(23)19(24)21-10-7-17-6-5-16(2)25-17/h5-6,18H,4,7-15H2,1-3H3,(H,21,24)/t18-/m0/s1. The molecule has 1 aromatic rings. The van der Waals surface area contributed by atoms with E-state index in [2.05, 4.69) is 29.1 Å². The molecule has 5 heteroatoms. The van der Waals surface area contributed by atoms with E-state index in [-0.39, 0.29) is 11.9 Å². The van der Waals surface area contributed by atoms with E-state index in [1.165, 1.54) is 12.8 Å². The van der Waals surface area contributed by atoms with Crippen molar-refractivity contribution < 1.29 is 9.21 Å². The van der Waals surface area contributed by atoms with Crippen LogP contribution in [0.25, 0.3) is 0 Å². The largest absolute Gasteiger partial charge is 0.466 e. The van der Waals surface area contributed by atoms with E-state index in [9.17, 15) is 4.79 Å². The zero-order valence-electron chi connectivity index (χ0n) is 16.0. The summed E-state index contributed by atoms with van der Waals surface area (Å²) >= 11 is 0. The first-order valence-corrected chi connectivity index (χ1v) is 9.77. The molecule has 0 aliphatic carbocycles. The minimum absolute atomic E-state index is 0.0432. The van der Waals surface area contributed by atoms with Crippen LogP contribution in [-0.4, -0.2) is 61.5 Å². The van der Waals surface area contributed by atoms with Gasteiger partial charge in [0.2, 0.25) is 5.91 Å². The van der Waals surface area contributed by atoms with Gasteiger partial charge < -0.3 is 14.6 Å². The van der Waals surface area contributed by atoms with E-state index in [0.717, 1.165) is 57.0 Å². The molecule has 1 atom stereocenters. The predicted octanol–water partition coefficient (Wildman–Crippen LogP) is 2.44. The second-order valence-corrected chi connectivity index (χ2v) is 8.05. The second kappa shape index (κ2) is 7.92. The van der Waals surface area contributed by atoms with Gasteiger partial charge >= 0.3 is 0 Å². The average Bonchev–Trinajstić information content (AvgIpc) is 3.15. The molecule has 2 fully saturated rings. The molecule has 2 saturated heterocycles. The summed E-state index contributed by atoms with van der Waals surface area (Å²) in [6, 6.07) is 4.01. The van der Waals surface area contributed by atoms with Crippen molar-refractivity contribution in [3.05, 3.63) is 23.7 Å². The maximum Gasteiger partial charge on any atom is 0.237 e. The van der Waals surface area contributed by atoms with Crippen LogP contribution in [-0.2, 0) is 11.2 Å². The van der Waals surface area contributed by atoms with Crippen LogP contribution in [0, 0.1) is 12.3 Å². The lowest BCUT2D eigenvalue weighted by Gasteiger charge is -2.37. The lowest BCUT2D eigenvalue weighted by atomic mass is 9.76. The SMILES string of the molecule is CCCN1CC2(CCN(C)CC2)C[C@H]1C(=O)NCCc1ccc(C)o1. The molecule has 0 unspecified atom stereocenters. The van der Waals surface area contributed by atoms with E-state index in [4.69, 9.17) is 4.42 Å². The molecule has 0 aromatic carbocycles. The molecule has 1 spiro atoms. The highest BCUT2D eigenvalue weighted by molar-refractivity contribution is 5.82. The van der Waals surface area contributed by atoms with Gasteiger partial charge in [-0.2, -0.15) is 0 Å². The quantitative estimate of drug-likeness (QED) is 0.859. The highest BCUT2D eigenvalue weighted by Gasteiger charge is 2.47. The minimum atomic E-state index is 0.0432. The highest BCUT2D eigenvalue weighted by atomic mass is 16.3. The van der Waals surface area contributed by atoms with E-state index in [1.807, 2.05) is 19.1 Å². The Bertz CT molecular complexity index is 575. The third-order valence-corrected chi connectivity index (χ3v) is 5.93. The molecule has 1 N–H and O–H groups in total. The molecule has 25 heavy (non-hydrogen) atoms. The molecule has 5 nitrogen and oxygen atoms in total. The van der Waals surface area contributed by atoms with Crippen LogP contribution < -0.4 is 5.32 Å². The Morgan fingerprint density at radius 3 is 2.76 bits per heavy atom. The van der Waals surface area contributed by atoms with Crippen LogP contribution in [0.5, 0.6) is 0 Å². The van der Waals surface area contributed by atoms with E-state index in [0.29, 0.717) is 12.0 Å². The Balaban J connectivity index is 1.55. The normalized spacial score (nSPS) is 24.0. The number of carbonyl (C=O) groups is 1. The maximum atomic E-state index is 12.8. The summed E-state index contributed by atoms with van der Waals surface area (Å²) < 4.78 is 5.58. The first-order valence-electron chi connectivity index (χ1n) is 9.77. The summed E-state index contributed by atoms with van der Waals surface area (Å²) in [6.07, 6.45) is 5.33. The predicted molar refractivity (Wildman–Crippen MR) is 99.6 cm³/mol. The number of piperidine rings is 1. The van der Waals surface area contributed by atoms with E-state index >= 15 is 0 Å². The van der Waals surface area contributed by atoms with Gasteiger partial charge in [-0.1, -0.05) is 6.92 Å². The first-order chi connectivity index (χ1) is 12.0. The Labute approximate surface area is 151 Å². The maximum absolute atomic E-state index is 12.8. The van der Waals surface area contributed by atoms with E-state index < -0.39 is 0 Å². The Morgan fingerprint density at radius 2 is 2.12 bits per heavy atom. The van der Waals surface area contributed by atoms with Crippen molar-refractivity contribution in [1.29, 1.82) is 0 Å². The van der Waals surface area contributed by atoms with Gasteiger partial charge in [0.1, 0.15) is 11.5 Å². The fourth-order valence-electron chi connectivity index (χ4n) is 4.43. The Kier molecular flexibility index (Phi) is 5.85. The van der Waals surface area contributed by atoms with Gasteiger partial charge in [0.25, 0.3) is 0 Å². The molecule has 3 rings (SSSR count). The molecule has 3 heterocycles. The average molecular weight is 348 g/mol. The minimum Gasteiger partial charge on any atom is -0.466 e. The molecule has 2 aliphatic rings. The molecule has 1 amide bonds. The molecule has 140 valence electrons. The van der Waals surface area contributed by atoms with Crippen LogP contribution in [0.2, 0.25) is 0 Å². The van der Waals surface area contributed by atoms with Crippen molar-refractivity contribution in [2.24, 2.45) is 5.41 Å². The van der Waals surface area contributed by atoms with Crippen molar-refractivity contribution >= 4 is 5.91 Å². The second-order valence-electron chi connectivity index (χ2n) is 8.05.